The van der Waals surface area contributed by atoms with Gasteiger partial charge in [-0.05, 0) is 49.9 Å². The first-order chi connectivity index (χ1) is 14.2. The second-order valence-corrected chi connectivity index (χ2v) is 7.96. The lowest BCUT2D eigenvalue weighted by molar-refractivity contribution is -0.145. The summed E-state index contributed by atoms with van der Waals surface area (Å²) in [5, 5.41) is 0. The summed E-state index contributed by atoms with van der Waals surface area (Å²) < 4.78 is 14.1. The molecule has 6 nitrogen and oxygen atoms in total. The fraction of sp³-hybridized carbons (Fsp3) is 0.391. The standard InChI is InChI=1S/C23H25N3O3/c1-16-22(29-21-9-5-4-8-20(21)28-16)23(27)25-12-10-17(11-13-25)14-26-15-24-18-6-2-3-7-19(18)26/h2-9,15-17,22H,10-14H2,1H3. The Balaban J connectivity index is 1.21. The molecule has 29 heavy (non-hydrogen) atoms. The highest BCUT2D eigenvalue weighted by Crippen LogP contribution is 2.34. The number of aromatic nitrogens is 2. The van der Waals surface area contributed by atoms with Crippen LogP contribution in [0, 0.1) is 5.92 Å². The van der Waals surface area contributed by atoms with E-state index in [0.717, 1.165) is 38.0 Å². The van der Waals surface area contributed by atoms with Gasteiger partial charge < -0.3 is 18.9 Å². The van der Waals surface area contributed by atoms with Gasteiger partial charge in [0.05, 0.1) is 17.4 Å². The van der Waals surface area contributed by atoms with Crippen LogP contribution >= 0.6 is 0 Å². The van der Waals surface area contributed by atoms with E-state index in [0.29, 0.717) is 17.4 Å². The van der Waals surface area contributed by atoms with Crippen LogP contribution in [0.25, 0.3) is 11.0 Å². The second-order valence-electron chi connectivity index (χ2n) is 7.96. The Labute approximate surface area is 170 Å². The molecule has 1 saturated heterocycles. The average molecular weight is 391 g/mol. The van der Waals surface area contributed by atoms with Crippen molar-refractivity contribution in [3.8, 4) is 11.5 Å². The number of rotatable bonds is 3. The maximum atomic E-state index is 13.1. The average Bonchev–Trinajstić information content (AvgIpc) is 3.16. The van der Waals surface area contributed by atoms with E-state index in [4.69, 9.17) is 9.47 Å². The monoisotopic (exact) mass is 391 g/mol. The van der Waals surface area contributed by atoms with Crippen LogP contribution in [0.1, 0.15) is 19.8 Å². The molecule has 0 bridgehead atoms. The third-order valence-electron chi connectivity index (χ3n) is 5.99. The largest absolute Gasteiger partial charge is 0.482 e. The molecule has 1 aromatic heterocycles. The molecule has 2 aromatic carbocycles. The number of piperidine rings is 1. The van der Waals surface area contributed by atoms with Crippen LogP contribution in [0.5, 0.6) is 11.5 Å². The van der Waals surface area contributed by atoms with Gasteiger partial charge >= 0.3 is 0 Å². The van der Waals surface area contributed by atoms with Gasteiger partial charge in [0, 0.05) is 19.6 Å². The highest BCUT2D eigenvalue weighted by Gasteiger charge is 2.37. The molecule has 1 fully saturated rings. The first kappa shape index (κ1) is 18.0. The van der Waals surface area contributed by atoms with Crippen LogP contribution in [0.3, 0.4) is 0 Å². The molecule has 0 radical (unpaired) electrons. The van der Waals surface area contributed by atoms with Crippen molar-refractivity contribution >= 4 is 16.9 Å². The van der Waals surface area contributed by atoms with Crippen LogP contribution in [-0.2, 0) is 11.3 Å². The Bertz CT molecular complexity index is 1020. The van der Waals surface area contributed by atoms with Gasteiger partial charge in [-0.2, -0.15) is 0 Å². The zero-order valence-electron chi connectivity index (χ0n) is 16.5. The van der Waals surface area contributed by atoms with Gasteiger partial charge in [0.15, 0.2) is 11.5 Å². The van der Waals surface area contributed by atoms with Gasteiger partial charge in [0.2, 0.25) is 6.10 Å². The number of carbonyl (C=O) groups excluding carboxylic acids is 1. The normalized spacial score (nSPS) is 22.0. The highest BCUT2D eigenvalue weighted by atomic mass is 16.6. The van der Waals surface area contributed by atoms with Crippen molar-refractivity contribution in [2.45, 2.75) is 38.5 Å². The topological polar surface area (TPSA) is 56.6 Å². The molecule has 2 aliphatic heterocycles. The maximum absolute atomic E-state index is 13.1. The lowest BCUT2D eigenvalue weighted by atomic mass is 9.96. The van der Waals surface area contributed by atoms with Gasteiger partial charge in [0.1, 0.15) is 6.10 Å². The maximum Gasteiger partial charge on any atom is 0.267 e. The number of benzene rings is 2. The van der Waals surface area contributed by atoms with Crippen molar-refractivity contribution in [2.75, 3.05) is 13.1 Å². The molecule has 2 atom stereocenters. The highest BCUT2D eigenvalue weighted by molar-refractivity contribution is 5.82. The lowest BCUT2D eigenvalue weighted by Crippen LogP contribution is -2.52. The number of amides is 1. The first-order valence-corrected chi connectivity index (χ1v) is 10.3. The number of carbonyl (C=O) groups is 1. The van der Waals surface area contributed by atoms with E-state index in [-0.39, 0.29) is 12.0 Å². The molecule has 0 N–H and O–H groups in total. The molecule has 3 aromatic rings. The third-order valence-corrected chi connectivity index (χ3v) is 5.99. The van der Waals surface area contributed by atoms with E-state index in [1.807, 2.05) is 60.6 Å². The molecule has 2 aliphatic rings. The van der Waals surface area contributed by atoms with Crippen molar-refractivity contribution < 1.29 is 14.3 Å². The zero-order chi connectivity index (χ0) is 19.8. The Kier molecular flexibility index (Phi) is 4.62. The predicted molar refractivity (Wildman–Crippen MR) is 110 cm³/mol. The van der Waals surface area contributed by atoms with Gasteiger partial charge in [-0.3, -0.25) is 4.79 Å². The number of hydrogen-bond acceptors (Lipinski definition) is 4. The number of ether oxygens (including phenoxy) is 2. The quantitative estimate of drug-likeness (QED) is 0.686. The Morgan fingerprint density at radius 2 is 1.72 bits per heavy atom. The molecule has 5 rings (SSSR count). The van der Waals surface area contributed by atoms with Crippen molar-refractivity contribution in [1.29, 1.82) is 0 Å². The molecule has 0 saturated carbocycles. The van der Waals surface area contributed by atoms with Crippen LogP contribution in [-0.4, -0.2) is 45.7 Å². The van der Waals surface area contributed by atoms with Gasteiger partial charge in [0.25, 0.3) is 5.91 Å². The van der Waals surface area contributed by atoms with Gasteiger partial charge in [-0.1, -0.05) is 24.3 Å². The van der Waals surface area contributed by atoms with E-state index < -0.39 is 6.10 Å². The Hall–Kier alpha value is -3.02. The summed E-state index contributed by atoms with van der Waals surface area (Å²) in [6.45, 7) is 4.35. The third kappa shape index (κ3) is 3.43. The van der Waals surface area contributed by atoms with Crippen molar-refractivity contribution in [3.63, 3.8) is 0 Å². The fourth-order valence-corrected chi connectivity index (χ4v) is 4.34. The van der Waals surface area contributed by atoms with E-state index in [1.54, 1.807) is 0 Å². The number of nitrogens with zero attached hydrogens (tertiary/aromatic N) is 3. The van der Waals surface area contributed by atoms with Crippen molar-refractivity contribution in [2.24, 2.45) is 5.92 Å². The van der Waals surface area contributed by atoms with Gasteiger partial charge in [-0.25, -0.2) is 4.98 Å². The lowest BCUT2D eigenvalue weighted by Gasteiger charge is -2.37. The zero-order valence-corrected chi connectivity index (χ0v) is 16.5. The summed E-state index contributed by atoms with van der Waals surface area (Å²) in [4.78, 5) is 19.5. The van der Waals surface area contributed by atoms with Crippen molar-refractivity contribution in [3.05, 3.63) is 54.9 Å². The fourth-order valence-electron chi connectivity index (χ4n) is 4.34. The predicted octanol–water partition coefficient (Wildman–Crippen LogP) is 3.50. The molecule has 0 spiro atoms. The summed E-state index contributed by atoms with van der Waals surface area (Å²) in [5.41, 5.74) is 2.20. The molecule has 3 heterocycles. The molecule has 6 heteroatoms. The van der Waals surface area contributed by atoms with Crippen LogP contribution in [0.4, 0.5) is 0 Å². The Morgan fingerprint density at radius 1 is 1.03 bits per heavy atom. The SMILES string of the molecule is CC1Oc2ccccc2OC1C(=O)N1CCC(Cn2cnc3ccccc32)CC1. The second kappa shape index (κ2) is 7.43. The minimum Gasteiger partial charge on any atom is -0.482 e. The first-order valence-electron chi connectivity index (χ1n) is 10.3. The molecule has 150 valence electrons. The molecule has 1 amide bonds. The van der Waals surface area contributed by atoms with Crippen molar-refractivity contribution in [1.82, 2.24) is 14.5 Å². The summed E-state index contributed by atoms with van der Waals surface area (Å²) in [6, 6.07) is 15.7. The minimum atomic E-state index is -0.584. The molecular formula is C23H25N3O3. The number of likely N-dealkylation sites (tertiary alicyclic amines) is 1. The molecule has 2 unspecified atom stereocenters. The van der Waals surface area contributed by atoms with E-state index in [1.165, 1.54) is 5.52 Å². The number of hydrogen-bond donors (Lipinski definition) is 0. The van der Waals surface area contributed by atoms with E-state index >= 15 is 0 Å². The van der Waals surface area contributed by atoms with Crippen LogP contribution in [0.2, 0.25) is 0 Å². The van der Waals surface area contributed by atoms with E-state index in [9.17, 15) is 4.79 Å². The number of imidazole rings is 1. The molecule has 0 aliphatic carbocycles. The summed E-state index contributed by atoms with van der Waals surface area (Å²) in [7, 11) is 0. The van der Waals surface area contributed by atoms with E-state index in [2.05, 4.69) is 15.6 Å². The van der Waals surface area contributed by atoms with Crippen LogP contribution < -0.4 is 9.47 Å². The summed E-state index contributed by atoms with van der Waals surface area (Å²) in [6.07, 6.45) is 3.01. The molecular weight excluding hydrogens is 366 g/mol. The van der Waals surface area contributed by atoms with Crippen LogP contribution in [0.15, 0.2) is 54.9 Å². The number of fused-ring (bicyclic) bond motifs is 2. The summed E-state index contributed by atoms with van der Waals surface area (Å²) >= 11 is 0. The van der Waals surface area contributed by atoms with Gasteiger partial charge in [-0.15, -0.1) is 0 Å². The summed E-state index contributed by atoms with van der Waals surface area (Å²) in [5.74, 6) is 1.91. The minimum absolute atomic E-state index is 0.0264. The number of para-hydroxylation sites is 4. The smallest absolute Gasteiger partial charge is 0.267 e. The Morgan fingerprint density at radius 3 is 2.52 bits per heavy atom.